The topological polar surface area (TPSA) is 74.4 Å². The highest BCUT2D eigenvalue weighted by Gasteiger charge is 2.59. The van der Waals surface area contributed by atoms with Crippen molar-refractivity contribution in [2.45, 2.75) is 50.8 Å². The molecule has 1 saturated heterocycles. The summed E-state index contributed by atoms with van der Waals surface area (Å²) in [6.45, 7) is 2.65. The normalized spacial score (nSPS) is 39.1. The molecule has 1 aliphatic heterocycles. The second-order valence-corrected chi connectivity index (χ2v) is 4.30. The van der Waals surface area contributed by atoms with E-state index < -0.39 is 24.1 Å². The molecule has 0 unspecified atom stereocenters. The summed E-state index contributed by atoms with van der Waals surface area (Å²) in [5, 5.41) is 0. The Bertz CT molecular complexity index is 328. The smallest absolute Gasteiger partial charge is 0.303 e. The molecule has 6 heteroatoms. The number of esters is 2. The number of hydrogen-bond acceptors (Lipinski definition) is 6. The second-order valence-electron chi connectivity index (χ2n) is 4.30. The molecule has 5 atom stereocenters. The van der Waals surface area contributed by atoms with Crippen molar-refractivity contribution in [3.63, 3.8) is 0 Å². The van der Waals surface area contributed by atoms with Crippen molar-refractivity contribution in [1.29, 1.82) is 0 Å². The Morgan fingerprint density at radius 2 is 1.71 bits per heavy atom. The van der Waals surface area contributed by atoms with E-state index in [0.717, 1.165) is 0 Å². The molecule has 17 heavy (non-hydrogen) atoms. The highest BCUT2D eigenvalue weighted by Crippen LogP contribution is 2.41. The summed E-state index contributed by atoms with van der Waals surface area (Å²) in [4.78, 5) is 22.0. The van der Waals surface area contributed by atoms with Crippen LogP contribution in [0, 0.1) is 0 Å². The molecule has 6 nitrogen and oxygen atoms in total. The highest BCUT2D eigenvalue weighted by molar-refractivity contribution is 5.67. The first kappa shape index (κ1) is 12.3. The van der Waals surface area contributed by atoms with Crippen molar-refractivity contribution in [2.75, 3.05) is 7.11 Å². The van der Waals surface area contributed by atoms with E-state index in [1.807, 2.05) is 0 Å². The van der Waals surface area contributed by atoms with Crippen LogP contribution >= 0.6 is 0 Å². The zero-order valence-electron chi connectivity index (χ0n) is 10.0. The molecule has 1 heterocycles. The number of epoxide rings is 1. The first-order chi connectivity index (χ1) is 8.02. The van der Waals surface area contributed by atoms with Crippen LogP contribution in [0.25, 0.3) is 0 Å². The van der Waals surface area contributed by atoms with Gasteiger partial charge in [0.2, 0.25) is 0 Å². The van der Waals surface area contributed by atoms with Gasteiger partial charge < -0.3 is 18.9 Å². The molecule has 0 aromatic rings. The molecule has 2 aliphatic rings. The van der Waals surface area contributed by atoms with Crippen LogP contribution in [0.2, 0.25) is 0 Å². The van der Waals surface area contributed by atoms with E-state index in [0.29, 0.717) is 6.42 Å². The van der Waals surface area contributed by atoms with Crippen molar-refractivity contribution in [2.24, 2.45) is 0 Å². The Labute approximate surface area is 99.2 Å². The number of fused-ring (bicyclic) bond motifs is 1. The quantitative estimate of drug-likeness (QED) is 0.515. The van der Waals surface area contributed by atoms with E-state index in [-0.39, 0.29) is 18.3 Å². The average Bonchev–Trinajstić information content (AvgIpc) is 2.99. The number of rotatable bonds is 3. The van der Waals surface area contributed by atoms with Gasteiger partial charge in [-0.2, -0.15) is 0 Å². The Hall–Kier alpha value is -1.14. The molecule has 2 rings (SSSR count). The van der Waals surface area contributed by atoms with Crippen LogP contribution in [0.5, 0.6) is 0 Å². The lowest BCUT2D eigenvalue weighted by Gasteiger charge is -2.31. The van der Waals surface area contributed by atoms with Gasteiger partial charge in [-0.05, 0) is 0 Å². The first-order valence-electron chi connectivity index (χ1n) is 5.55. The van der Waals surface area contributed by atoms with Gasteiger partial charge in [0.05, 0.1) is 6.10 Å². The van der Waals surface area contributed by atoms with Gasteiger partial charge >= 0.3 is 11.9 Å². The van der Waals surface area contributed by atoms with E-state index in [1.54, 1.807) is 7.11 Å². The molecule has 2 fully saturated rings. The number of hydrogen-bond donors (Lipinski definition) is 0. The van der Waals surface area contributed by atoms with Gasteiger partial charge in [0.1, 0.15) is 18.3 Å². The number of methoxy groups -OCH3 is 1. The molecular formula is C11H16O6. The first-order valence-corrected chi connectivity index (χ1v) is 5.55. The fourth-order valence-corrected chi connectivity index (χ4v) is 2.30. The van der Waals surface area contributed by atoms with Crippen LogP contribution in [0.4, 0.5) is 0 Å². The van der Waals surface area contributed by atoms with Crippen molar-refractivity contribution >= 4 is 11.9 Å². The third kappa shape index (κ3) is 2.58. The number of ether oxygens (including phenoxy) is 4. The summed E-state index contributed by atoms with van der Waals surface area (Å²) in [6, 6.07) is 0. The van der Waals surface area contributed by atoms with Crippen LogP contribution < -0.4 is 0 Å². The minimum absolute atomic E-state index is 0.0591. The summed E-state index contributed by atoms with van der Waals surface area (Å²) in [6.07, 6.45) is -0.929. The largest absolute Gasteiger partial charge is 0.458 e. The number of carbonyl (C=O) groups is 2. The lowest BCUT2D eigenvalue weighted by molar-refractivity contribution is -0.171. The predicted octanol–water partition coefficient (Wildman–Crippen LogP) is 0.0359. The molecule has 1 saturated carbocycles. The van der Waals surface area contributed by atoms with Gasteiger partial charge in [-0.15, -0.1) is 0 Å². The molecule has 0 aromatic carbocycles. The van der Waals surface area contributed by atoms with Crippen LogP contribution in [-0.4, -0.2) is 49.6 Å². The fraction of sp³-hybridized carbons (Fsp3) is 0.818. The van der Waals surface area contributed by atoms with E-state index >= 15 is 0 Å². The molecule has 0 aromatic heterocycles. The maximum absolute atomic E-state index is 11.0. The van der Waals surface area contributed by atoms with Crippen LogP contribution in [0.3, 0.4) is 0 Å². The third-order valence-electron chi connectivity index (χ3n) is 3.00. The summed E-state index contributed by atoms with van der Waals surface area (Å²) < 4.78 is 21.0. The van der Waals surface area contributed by atoms with Gasteiger partial charge in [-0.25, -0.2) is 0 Å². The molecule has 0 N–H and O–H groups in total. The summed E-state index contributed by atoms with van der Waals surface area (Å²) in [7, 11) is 1.58. The van der Waals surface area contributed by atoms with Crippen LogP contribution in [-0.2, 0) is 28.5 Å². The van der Waals surface area contributed by atoms with Gasteiger partial charge in [-0.3, -0.25) is 9.59 Å². The average molecular weight is 244 g/mol. The zero-order chi connectivity index (χ0) is 12.6. The minimum atomic E-state index is -0.521. The summed E-state index contributed by atoms with van der Waals surface area (Å²) in [5.41, 5.74) is 0. The number of carbonyl (C=O) groups excluding carboxylic acids is 2. The molecule has 0 spiro atoms. The van der Waals surface area contributed by atoms with E-state index in [2.05, 4.69) is 0 Å². The van der Waals surface area contributed by atoms with Crippen molar-refractivity contribution in [3.05, 3.63) is 0 Å². The standard InChI is InChI=1S/C11H16O6/c1-5(12)15-8-4-7(14-3)9-11(17-9)10(8)16-6(2)13/h7-11H,4H2,1-3H3/t7-,8+,9-,10+,11-/m1/s1. The lowest BCUT2D eigenvalue weighted by Crippen LogP contribution is -2.47. The molecule has 96 valence electrons. The van der Waals surface area contributed by atoms with Gasteiger partial charge in [0, 0.05) is 27.4 Å². The predicted molar refractivity (Wildman–Crippen MR) is 55.2 cm³/mol. The Morgan fingerprint density at radius 1 is 1.06 bits per heavy atom. The van der Waals surface area contributed by atoms with Crippen LogP contribution in [0.15, 0.2) is 0 Å². The second kappa shape index (κ2) is 4.62. The Kier molecular flexibility index (Phi) is 3.35. The molecule has 1 aliphatic carbocycles. The van der Waals surface area contributed by atoms with Gasteiger partial charge in [0.15, 0.2) is 6.10 Å². The molecule has 0 amide bonds. The van der Waals surface area contributed by atoms with Crippen molar-refractivity contribution < 1.29 is 28.5 Å². The van der Waals surface area contributed by atoms with Crippen molar-refractivity contribution in [3.8, 4) is 0 Å². The van der Waals surface area contributed by atoms with Gasteiger partial charge in [-0.1, -0.05) is 0 Å². The SMILES string of the molecule is CO[C@@H]1C[C@H](OC(C)=O)[C@H](OC(C)=O)[C@@H]2O[C@@H]21. The molecule has 0 radical (unpaired) electrons. The summed E-state index contributed by atoms with van der Waals surface area (Å²) >= 11 is 0. The summed E-state index contributed by atoms with van der Waals surface area (Å²) in [5.74, 6) is -0.807. The fourth-order valence-electron chi connectivity index (χ4n) is 2.30. The van der Waals surface area contributed by atoms with Crippen molar-refractivity contribution in [1.82, 2.24) is 0 Å². The van der Waals surface area contributed by atoms with E-state index in [1.165, 1.54) is 13.8 Å². The highest BCUT2D eigenvalue weighted by atomic mass is 16.7. The van der Waals surface area contributed by atoms with Crippen LogP contribution in [0.1, 0.15) is 20.3 Å². The Morgan fingerprint density at radius 3 is 2.24 bits per heavy atom. The minimum Gasteiger partial charge on any atom is -0.458 e. The van der Waals surface area contributed by atoms with Gasteiger partial charge in [0.25, 0.3) is 0 Å². The lowest BCUT2D eigenvalue weighted by atomic mass is 9.92. The zero-order valence-corrected chi connectivity index (χ0v) is 10.0. The maximum Gasteiger partial charge on any atom is 0.303 e. The monoisotopic (exact) mass is 244 g/mol. The third-order valence-corrected chi connectivity index (χ3v) is 3.00. The van der Waals surface area contributed by atoms with E-state index in [4.69, 9.17) is 18.9 Å². The Balaban J connectivity index is 2.06. The molecule has 0 bridgehead atoms. The molecular weight excluding hydrogens is 228 g/mol. The van der Waals surface area contributed by atoms with E-state index in [9.17, 15) is 9.59 Å². The maximum atomic E-state index is 11.0.